The van der Waals surface area contributed by atoms with E-state index >= 15 is 0 Å². The van der Waals surface area contributed by atoms with Crippen molar-refractivity contribution in [2.24, 2.45) is 0 Å². The summed E-state index contributed by atoms with van der Waals surface area (Å²) in [6.07, 6.45) is 1.49. The van der Waals surface area contributed by atoms with E-state index < -0.39 is 0 Å². The molecule has 0 unspecified atom stereocenters. The van der Waals surface area contributed by atoms with Gasteiger partial charge in [-0.2, -0.15) is 0 Å². The highest BCUT2D eigenvalue weighted by Gasteiger charge is 2.18. The number of thiazole rings is 2. The van der Waals surface area contributed by atoms with Crippen LogP contribution >= 0.6 is 34.4 Å². The van der Waals surface area contributed by atoms with Crippen LogP contribution in [-0.4, -0.2) is 26.1 Å². The van der Waals surface area contributed by atoms with Crippen molar-refractivity contribution in [3.05, 3.63) is 62.9 Å². The minimum absolute atomic E-state index is 0.0726. The fourth-order valence-electron chi connectivity index (χ4n) is 2.92. The first kappa shape index (κ1) is 21.7. The van der Waals surface area contributed by atoms with Crippen LogP contribution in [0.5, 0.6) is 0 Å². The van der Waals surface area contributed by atoms with Gasteiger partial charge in [-0.1, -0.05) is 30.8 Å². The minimum atomic E-state index is -0.0726. The molecule has 0 saturated heterocycles. The Morgan fingerprint density at radius 2 is 1.87 bits per heavy atom. The van der Waals surface area contributed by atoms with Crippen molar-refractivity contribution in [2.75, 3.05) is 4.90 Å². The average molecular weight is 472 g/mol. The number of thioether (sulfide) groups is 1. The van der Waals surface area contributed by atoms with Crippen LogP contribution in [0, 0.1) is 6.92 Å². The molecule has 0 atom stereocenters. The molecule has 4 aromatic rings. The summed E-state index contributed by atoms with van der Waals surface area (Å²) in [5.41, 5.74) is 3.84. The number of carbonyl (C=O) groups excluding carboxylic acids is 1. The number of hydrogen-bond donors (Lipinski definition) is 0. The van der Waals surface area contributed by atoms with Crippen molar-refractivity contribution in [1.82, 2.24) is 20.2 Å². The van der Waals surface area contributed by atoms with E-state index in [9.17, 15) is 4.79 Å². The second-order valence-electron chi connectivity index (χ2n) is 6.78. The summed E-state index contributed by atoms with van der Waals surface area (Å²) in [6.45, 7) is 5.63. The van der Waals surface area contributed by atoms with Crippen LogP contribution in [-0.2, 0) is 23.4 Å². The molecule has 0 bridgehead atoms. The Bertz CT molecular complexity index is 1170. The summed E-state index contributed by atoms with van der Waals surface area (Å²) < 4.78 is 5.72. The molecule has 0 spiro atoms. The molecule has 4 rings (SSSR count). The average Bonchev–Trinajstić information content (AvgIpc) is 3.49. The molecule has 0 aliphatic rings. The number of amides is 1. The van der Waals surface area contributed by atoms with E-state index in [-0.39, 0.29) is 5.91 Å². The normalized spacial score (nSPS) is 11.1. The van der Waals surface area contributed by atoms with E-state index in [1.165, 1.54) is 28.7 Å². The molecule has 0 saturated carbocycles. The molecule has 3 heterocycles. The SMILES string of the molecule is CCc1ccc(N(C(C)=O)c2nc(CSc3nnc(Cc4csc(C)n4)o3)cs2)cc1. The van der Waals surface area contributed by atoms with E-state index in [0.717, 1.165) is 28.5 Å². The predicted octanol–water partition coefficient (Wildman–Crippen LogP) is 5.42. The van der Waals surface area contributed by atoms with Gasteiger partial charge < -0.3 is 4.42 Å². The third-order valence-electron chi connectivity index (χ3n) is 4.44. The molecule has 160 valence electrons. The summed E-state index contributed by atoms with van der Waals surface area (Å²) in [5, 5.41) is 14.3. The Morgan fingerprint density at radius 3 is 2.55 bits per heavy atom. The zero-order chi connectivity index (χ0) is 21.8. The number of carbonyl (C=O) groups is 1. The van der Waals surface area contributed by atoms with Crippen LogP contribution in [0.3, 0.4) is 0 Å². The molecule has 0 fully saturated rings. The molecule has 0 N–H and O–H groups in total. The lowest BCUT2D eigenvalue weighted by atomic mass is 10.1. The van der Waals surface area contributed by atoms with Gasteiger partial charge in [-0.15, -0.1) is 32.9 Å². The standard InChI is InChI=1S/C21H21N5O2S3/c1-4-15-5-7-18(8-6-15)26(14(3)27)20-23-17(11-30-20)12-31-21-25-24-19(28-21)9-16-10-29-13(2)22-16/h5-8,10-11H,4,9,12H2,1-3H3. The maximum absolute atomic E-state index is 12.3. The van der Waals surface area contributed by atoms with Crippen LogP contribution in [0.4, 0.5) is 10.8 Å². The van der Waals surface area contributed by atoms with E-state index in [4.69, 9.17) is 4.42 Å². The van der Waals surface area contributed by atoms with E-state index in [1.807, 2.05) is 41.9 Å². The number of rotatable bonds is 8. The summed E-state index contributed by atoms with van der Waals surface area (Å²) in [4.78, 5) is 23.0. The third kappa shape index (κ3) is 5.38. The first-order chi connectivity index (χ1) is 15.0. The van der Waals surface area contributed by atoms with Gasteiger partial charge in [0, 0.05) is 23.4 Å². The van der Waals surface area contributed by atoms with Crippen molar-refractivity contribution >= 4 is 51.2 Å². The van der Waals surface area contributed by atoms with Crippen molar-refractivity contribution in [2.45, 2.75) is 44.6 Å². The first-order valence-electron chi connectivity index (χ1n) is 9.72. The molecule has 0 aliphatic heterocycles. The summed E-state index contributed by atoms with van der Waals surface area (Å²) in [5.74, 6) is 1.05. The zero-order valence-electron chi connectivity index (χ0n) is 17.4. The molecule has 31 heavy (non-hydrogen) atoms. The van der Waals surface area contributed by atoms with Gasteiger partial charge in [-0.25, -0.2) is 9.97 Å². The molecule has 3 aromatic heterocycles. The van der Waals surface area contributed by atoms with E-state index in [1.54, 1.807) is 23.2 Å². The number of aryl methyl sites for hydroxylation is 2. The van der Waals surface area contributed by atoms with Gasteiger partial charge in [0.05, 0.1) is 28.5 Å². The second-order valence-corrected chi connectivity index (χ2v) is 9.61. The van der Waals surface area contributed by atoms with Gasteiger partial charge in [0.1, 0.15) is 0 Å². The minimum Gasteiger partial charge on any atom is -0.416 e. The molecule has 1 aromatic carbocycles. The van der Waals surface area contributed by atoms with Crippen LogP contribution in [0.2, 0.25) is 0 Å². The maximum atomic E-state index is 12.3. The van der Waals surface area contributed by atoms with Gasteiger partial charge in [0.2, 0.25) is 11.8 Å². The van der Waals surface area contributed by atoms with Gasteiger partial charge in [0.15, 0.2) is 5.13 Å². The van der Waals surface area contributed by atoms with E-state index in [2.05, 4.69) is 27.1 Å². The molecule has 10 heteroatoms. The van der Waals surface area contributed by atoms with Gasteiger partial charge >= 0.3 is 0 Å². The van der Waals surface area contributed by atoms with E-state index in [0.29, 0.717) is 28.4 Å². The van der Waals surface area contributed by atoms with Crippen molar-refractivity contribution in [3.8, 4) is 0 Å². The Hall–Kier alpha value is -2.56. The lowest BCUT2D eigenvalue weighted by molar-refractivity contribution is -0.115. The van der Waals surface area contributed by atoms with Crippen LogP contribution < -0.4 is 4.90 Å². The maximum Gasteiger partial charge on any atom is 0.276 e. The Morgan fingerprint density at radius 1 is 1.10 bits per heavy atom. The lowest BCUT2D eigenvalue weighted by Gasteiger charge is -2.18. The van der Waals surface area contributed by atoms with Crippen LogP contribution in [0.25, 0.3) is 0 Å². The molecule has 0 aliphatic carbocycles. The number of benzene rings is 1. The summed E-state index contributed by atoms with van der Waals surface area (Å²) in [7, 11) is 0. The van der Waals surface area contributed by atoms with Gasteiger partial charge in [-0.3, -0.25) is 9.69 Å². The number of aromatic nitrogens is 4. The first-order valence-corrected chi connectivity index (χ1v) is 12.5. The quantitative estimate of drug-likeness (QED) is 0.317. The highest BCUT2D eigenvalue weighted by molar-refractivity contribution is 7.98. The fraction of sp³-hybridized carbons (Fsp3) is 0.286. The van der Waals surface area contributed by atoms with Gasteiger partial charge in [0.25, 0.3) is 5.22 Å². The number of anilines is 2. The Balaban J connectivity index is 1.40. The highest BCUT2D eigenvalue weighted by atomic mass is 32.2. The van der Waals surface area contributed by atoms with Crippen molar-refractivity contribution < 1.29 is 9.21 Å². The zero-order valence-corrected chi connectivity index (χ0v) is 19.8. The molecular weight excluding hydrogens is 450 g/mol. The Kier molecular flexibility index (Phi) is 6.79. The third-order valence-corrected chi connectivity index (χ3v) is 6.99. The van der Waals surface area contributed by atoms with Crippen molar-refractivity contribution in [3.63, 3.8) is 0 Å². The summed E-state index contributed by atoms with van der Waals surface area (Å²) >= 11 is 4.47. The largest absolute Gasteiger partial charge is 0.416 e. The molecular formula is C21H21N5O2S3. The lowest BCUT2D eigenvalue weighted by Crippen LogP contribution is -2.22. The fourth-order valence-corrected chi connectivity index (χ4v) is 5.20. The van der Waals surface area contributed by atoms with Crippen molar-refractivity contribution in [1.29, 1.82) is 0 Å². The number of nitrogens with zero attached hydrogens (tertiary/aromatic N) is 5. The summed E-state index contributed by atoms with van der Waals surface area (Å²) in [6, 6.07) is 7.99. The highest BCUT2D eigenvalue weighted by Crippen LogP contribution is 2.31. The monoisotopic (exact) mass is 471 g/mol. The Labute approximate surface area is 192 Å². The van der Waals surface area contributed by atoms with Crippen LogP contribution in [0.1, 0.15) is 41.7 Å². The molecule has 7 nitrogen and oxygen atoms in total. The molecule has 1 amide bonds. The molecule has 0 radical (unpaired) electrons. The predicted molar refractivity (Wildman–Crippen MR) is 124 cm³/mol. The smallest absolute Gasteiger partial charge is 0.276 e. The second kappa shape index (κ2) is 9.71. The van der Waals surface area contributed by atoms with Crippen LogP contribution in [0.15, 0.2) is 44.7 Å². The van der Waals surface area contributed by atoms with Gasteiger partial charge in [-0.05, 0) is 31.0 Å². The topological polar surface area (TPSA) is 85.0 Å². The number of hydrogen-bond acceptors (Lipinski definition) is 9.